The summed E-state index contributed by atoms with van der Waals surface area (Å²) in [6.45, 7) is 1.01. The van der Waals surface area contributed by atoms with Gasteiger partial charge in [-0.2, -0.15) is 0 Å². The molecule has 2 fully saturated rings. The maximum Gasteiger partial charge on any atom is 0.157 e. The van der Waals surface area contributed by atoms with Gasteiger partial charge in [0.05, 0.1) is 0 Å². The van der Waals surface area contributed by atoms with E-state index >= 15 is 0 Å². The third-order valence-electron chi connectivity index (χ3n) is 4.45. The van der Waals surface area contributed by atoms with Crippen LogP contribution in [0.5, 0.6) is 0 Å². The number of hydrogen-bond acceptors (Lipinski definition) is 4. The fourth-order valence-corrected chi connectivity index (χ4v) is 3.26. The summed E-state index contributed by atoms with van der Waals surface area (Å²) in [5.74, 6) is 1.76. The normalized spacial score (nSPS) is 21.2. The van der Waals surface area contributed by atoms with Crippen LogP contribution in [0, 0.1) is 11.3 Å². The molecule has 2 saturated carbocycles. The lowest BCUT2D eigenvalue weighted by Crippen LogP contribution is -2.38. The van der Waals surface area contributed by atoms with Gasteiger partial charge in [-0.3, -0.25) is 0 Å². The van der Waals surface area contributed by atoms with Crippen molar-refractivity contribution in [2.75, 3.05) is 24.2 Å². The summed E-state index contributed by atoms with van der Waals surface area (Å²) < 4.78 is 0. The molecule has 0 saturated heterocycles. The van der Waals surface area contributed by atoms with Crippen molar-refractivity contribution < 1.29 is 0 Å². The Morgan fingerprint density at radius 2 is 2.17 bits per heavy atom. The first-order valence-corrected chi connectivity index (χ1v) is 7.05. The second kappa shape index (κ2) is 4.57. The minimum Gasteiger partial charge on any atom is -0.383 e. The number of rotatable bonds is 5. The van der Waals surface area contributed by atoms with E-state index in [1.807, 2.05) is 7.05 Å². The summed E-state index contributed by atoms with van der Waals surface area (Å²) in [4.78, 5) is 8.27. The summed E-state index contributed by atoms with van der Waals surface area (Å²) in [5.41, 5.74) is 1.33. The highest BCUT2D eigenvalue weighted by Crippen LogP contribution is 2.57. The predicted molar refractivity (Wildman–Crippen MR) is 74.1 cm³/mol. The molecule has 18 heavy (non-hydrogen) atoms. The van der Waals surface area contributed by atoms with Crippen LogP contribution in [-0.2, 0) is 0 Å². The summed E-state index contributed by atoms with van der Waals surface area (Å²) in [6.07, 6.45) is 8.42. The van der Waals surface area contributed by atoms with Gasteiger partial charge >= 0.3 is 0 Å². The van der Waals surface area contributed by atoms with Crippen LogP contribution in [0.1, 0.15) is 32.1 Å². The molecule has 5 heteroatoms. The van der Waals surface area contributed by atoms with E-state index in [1.165, 1.54) is 38.4 Å². The van der Waals surface area contributed by atoms with Crippen molar-refractivity contribution >= 4 is 23.1 Å². The van der Waals surface area contributed by atoms with E-state index < -0.39 is 0 Å². The number of anilines is 2. The number of hydrogen-bond donors (Lipinski definition) is 2. The van der Waals surface area contributed by atoms with Crippen LogP contribution in [0.2, 0.25) is 5.15 Å². The highest BCUT2D eigenvalue weighted by Gasteiger charge is 2.48. The lowest BCUT2D eigenvalue weighted by atomic mass is 9.65. The van der Waals surface area contributed by atoms with Crippen LogP contribution in [0.15, 0.2) is 6.33 Å². The van der Waals surface area contributed by atoms with Crippen LogP contribution < -0.4 is 10.6 Å². The smallest absolute Gasteiger partial charge is 0.157 e. The molecule has 2 aliphatic rings. The molecule has 0 amide bonds. The van der Waals surface area contributed by atoms with Crippen LogP contribution in [0.25, 0.3) is 0 Å². The van der Waals surface area contributed by atoms with Crippen molar-refractivity contribution in [3.63, 3.8) is 0 Å². The Balaban J connectivity index is 1.71. The Kier molecular flexibility index (Phi) is 3.06. The van der Waals surface area contributed by atoms with Gasteiger partial charge in [-0.1, -0.05) is 18.0 Å². The first kappa shape index (κ1) is 12.0. The number of nitrogens with zero attached hydrogens (tertiary/aromatic N) is 2. The molecule has 4 nitrogen and oxygen atoms in total. The van der Waals surface area contributed by atoms with Gasteiger partial charge in [0.1, 0.15) is 12.0 Å². The zero-order chi connectivity index (χ0) is 12.6. The molecule has 2 aliphatic carbocycles. The molecule has 3 rings (SSSR count). The Morgan fingerprint density at radius 1 is 1.39 bits per heavy atom. The van der Waals surface area contributed by atoms with Gasteiger partial charge in [0.2, 0.25) is 0 Å². The van der Waals surface area contributed by atoms with Crippen molar-refractivity contribution in [2.45, 2.75) is 32.1 Å². The molecule has 0 aromatic carbocycles. The molecule has 1 aromatic rings. The van der Waals surface area contributed by atoms with Gasteiger partial charge in [0, 0.05) is 13.6 Å². The molecule has 0 spiro atoms. The van der Waals surface area contributed by atoms with Crippen LogP contribution in [0.3, 0.4) is 0 Å². The third-order valence-corrected chi connectivity index (χ3v) is 4.74. The maximum atomic E-state index is 6.05. The van der Waals surface area contributed by atoms with Crippen molar-refractivity contribution in [3.8, 4) is 0 Å². The summed E-state index contributed by atoms with van der Waals surface area (Å²) >= 11 is 6.05. The number of nitrogens with one attached hydrogen (secondary N) is 2. The second-order valence-corrected chi connectivity index (χ2v) is 5.84. The first-order chi connectivity index (χ1) is 8.75. The van der Waals surface area contributed by atoms with E-state index in [2.05, 4.69) is 20.6 Å². The Bertz CT molecular complexity index is 441. The average Bonchev–Trinajstić information content (AvgIpc) is 3.12. The largest absolute Gasteiger partial charge is 0.383 e. The molecular formula is C13H19ClN4. The molecule has 0 unspecified atom stereocenters. The molecular weight excluding hydrogens is 248 g/mol. The quantitative estimate of drug-likeness (QED) is 0.804. The highest BCUT2D eigenvalue weighted by atomic mass is 35.5. The molecule has 2 N–H and O–H groups in total. The summed E-state index contributed by atoms with van der Waals surface area (Å²) in [6, 6.07) is 0. The van der Waals surface area contributed by atoms with Gasteiger partial charge < -0.3 is 10.6 Å². The summed E-state index contributed by atoms with van der Waals surface area (Å²) in [7, 11) is 1.84. The second-order valence-electron chi connectivity index (χ2n) is 5.48. The minimum atomic E-state index is 0.476. The lowest BCUT2D eigenvalue weighted by Gasteiger charge is -2.43. The summed E-state index contributed by atoms with van der Waals surface area (Å²) in [5, 5.41) is 7.01. The number of halogens is 1. The van der Waals surface area contributed by atoms with E-state index in [0.717, 1.165) is 24.0 Å². The molecule has 0 aliphatic heterocycles. The molecule has 1 aromatic heterocycles. The Morgan fingerprint density at radius 3 is 2.72 bits per heavy atom. The van der Waals surface area contributed by atoms with Crippen molar-refractivity contribution in [3.05, 3.63) is 11.5 Å². The van der Waals surface area contributed by atoms with E-state index in [1.54, 1.807) is 0 Å². The van der Waals surface area contributed by atoms with Gasteiger partial charge in [-0.25, -0.2) is 9.97 Å². The lowest BCUT2D eigenvalue weighted by molar-refractivity contribution is 0.118. The predicted octanol–water partition coefficient (Wildman–Crippen LogP) is 3.16. The van der Waals surface area contributed by atoms with E-state index in [4.69, 9.17) is 11.6 Å². The van der Waals surface area contributed by atoms with Crippen LogP contribution in [-0.4, -0.2) is 23.6 Å². The molecule has 98 valence electrons. The van der Waals surface area contributed by atoms with Crippen molar-refractivity contribution in [1.29, 1.82) is 0 Å². The van der Waals surface area contributed by atoms with Crippen LogP contribution >= 0.6 is 11.6 Å². The van der Waals surface area contributed by atoms with Gasteiger partial charge in [0.15, 0.2) is 11.0 Å². The topological polar surface area (TPSA) is 49.8 Å². The van der Waals surface area contributed by atoms with E-state index in [9.17, 15) is 0 Å². The molecule has 0 bridgehead atoms. The third kappa shape index (κ3) is 2.03. The fourth-order valence-electron chi connectivity index (χ4n) is 3.04. The molecule has 0 atom stereocenters. The monoisotopic (exact) mass is 266 g/mol. The maximum absolute atomic E-state index is 6.05. The van der Waals surface area contributed by atoms with Crippen molar-refractivity contribution in [1.82, 2.24) is 9.97 Å². The fraction of sp³-hybridized carbons (Fsp3) is 0.692. The zero-order valence-corrected chi connectivity index (χ0v) is 11.4. The van der Waals surface area contributed by atoms with Crippen LogP contribution in [0.4, 0.5) is 11.5 Å². The molecule has 0 radical (unpaired) electrons. The number of aromatic nitrogens is 2. The first-order valence-electron chi connectivity index (χ1n) is 6.67. The zero-order valence-electron chi connectivity index (χ0n) is 10.7. The van der Waals surface area contributed by atoms with E-state index in [0.29, 0.717) is 10.6 Å². The SMILES string of the molecule is CNc1c(Cl)ncnc1NCC1(C2CC2)CCC1. The standard InChI is InChI=1S/C13H19ClN4/c1-15-10-11(14)17-8-18-12(10)16-7-13(5-2-6-13)9-3-4-9/h8-9,15H,2-7H2,1H3,(H,16,17,18). The minimum absolute atomic E-state index is 0.476. The van der Waals surface area contributed by atoms with E-state index in [-0.39, 0.29) is 0 Å². The Hall–Kier alpha value is -1.03. The highest BCUT2D eigenvalue weighted by molar-refractivity contribution is 6.32. The van der Waals surface area contributed by atoms with Crippen molar-refractivity contribution in [2.24, 2.45) is 11.3 Å². The molecule has 1 heterocycles. The average molecular weight is 267 g/mol. The van der Waals surface area contributed by atoms with Gasteiger partial charge in [-0.05, 0) is 37.0 Å². The Labute approximate surface area is 113 Å². The van der Waals surface area contributed by atoms with Gasteiger partial charge in [0.25, 0.3) is 0 Å². The van der Waals surface area contributed by atoms with Gasteiger partial charge in [-0.15, -0.1) is 0 Å².